The van der Waals surface area contributed by atoms with Gasteiger partial charge in [0.25, 0.3) is 0 Å². The molecule has 0 saturated carbocycles. The van der Waals surface area contributed by atoms with Gasteiger partial charge in [-0.3, -0.25) is 4.79 Å². The Morgan fingerprint density at radius 3 is 2.90 bits per heavy atom. The molecular weight excluding hydrogens is 293 g/mol. The lowest BCUT2D eigenvalue weighted by Gasteiger charge is -2.34. The molecule has 0 bridgehead atoms. The van der Waals surface area contributed by atoms with Crippen molar-refractivity contribution in [3.63, 3.8) is 0 Å². The van der Waals surface area contributed by atoms with Gasteiger partial charge in [-0.2, -0.15) is 0 Å². The maximum Gasteiger partial charge on any atom is 0.246 e. The van der Waals surface area contributed by atoms with Crippen molar-refractivity contribution in [3.8, 4) is 0 Å². The van der Waals surface area contributed by atoms with Crippen LogP contribution in [-0.2, 0) is 4.79 Å². The first-order valence-electron chi connectivity index (χ1n) is 7.05. The standard InChI is InChI=1S/C16H19Cl2NO/c1-2-14-5-3-4-10-19(14)16(20)9-7-12-6-8-13(17)11-15(12)18/h6-9,11,14H,2-5,10H2,1H3. The molecule has 1 atom stereocenters. The topological polar surface area (TPSA) is 20.3 Å². The van der Waals surface area contributed by atoms with Crippen LogP contribution in [0.5, 0.6) is 0 Å². The number of benzene rings is 1. The largest absolute Gasteiger partial charge is 0.336 e. The summed E-state index contributed by atoms with van der Waals surface area (Å²) in [7, 11) is 0. The van der Waals surface area contributed by atoms with E-state index in [2.05, 4.69) is 6.92 Å². The molecule has 0 radical (unpaired) electrons. The predicted molar refractivity (Wildman–Crippen MR) is 85.1 cm³/mol. The number of carbonyl (C=O) groups excluding carboxylic acids is 1. The molecular formula is C16H19Cl2NO. The van der Waals surface area contributed by atoms with Crippen LogP contribution >= 0.6 is 23.2 Å². The van der Waals surface area contributed by atoms with Crippen molar-refractivity contribution >= 4 is 35.2 Å². The Hall–Kier alpha value is -0.990. The van der Waals surface area contributed by atoms with Gasteiger partial charge in [-0.05, 0) is 49.5 Å². The van der Waals surface area contributed by atoms with E-state index in [0.717, 1.165) is 31.4 Å². The molecule has 2 rings (SSSR count). The van der Waals surface area contributed by atoms with E-state index in [0.29, 0.717) is 16.1 Å². The van der Waals surface area contributed by atoms with E-state index in [1.54, 1.807) is 24.3 Å². The lowest BCUT2D eigenvalue weighted by Crippen LogP contribution is -2.42. The van der Waals surface area contributed by atoms with Crippen molar-refractivity contribution in [1.82, 2.24) is 4.90 Å². The monoisotopic (exact) mass is 311 g/mol. The Bertz CT molecular complexity index is 513. The summed E-state index contributed by atoms with van der Waals surface area (Å²) in [6.45, 7) is 2.99. The van der Waals surface area contributed by atoms with E-state index >= 15 is 0 Å². The lowest BCUT2D eigenvalue weighted by atomic mass is 10.00. The highest BCUT2D eigenvalue weighted by atomic mass is 35.5. The van der Waals surface area contributed by atoms with Crippen molar-refractivity contribution in [3.05, 3.63) is 39.9 Å². The molecule has 0 aromatic heterocycles. The second-order valence-electron chi connectivity index (χ2n) is 5.09. The summed E-state index contributed by atoms with van der Waals surface area (Å²) in [5.41, 5.74) is 0.814. The van der Waals surface area contributed by atoms with Crippen molar-refractivity contribution in [2.75, 3.05) is 6.54 Å². The third-order valence-electron chi connectivity index (χ3n) is 3.75. The summed E-state index contributed by atoms with van der Waals surface area (Å²) in [6, 6.07) is 5.65. The summed E-state index contributed by atoms with van der Waals surface area (Å²) in [5.74, 6) is 0.0718. The molecule has 1 aliphatic heterocycles. The molecule has 1 fully saturated rings. The van der Waals surface area contributed by atoms with E-state index in [-0.39, 0.29) is 5.91 Å². The second-order valence-corrected chi connectivity index (χ2v) is 5.93. The normalized spacial score (nSPS) is 19.6. The maximum atomic E-state index is 12.3. The Labute approximate surface area is 130 Å². The first kappa shape index (κ1) is 15.4. The Morgan fingerprint density at radius 2 is 2.20 bits per heavy atom. The summed E-state index contributed by atoms with van der Waals surface area (Å²) in [5, 5.41) is 1.16. The van der Waals surface area contributed by atoms with Crippen molar-refractivity contribution in [2.24, 2.45) is 0 Å². The number of hydrogen-bond acceptors (Lipinski definition) is 1. The molecule has 1 aromatic carbocycles. The van der Waals surface area contributed by atoms with Gasteiger partial charge in [0.15, 0.2) is 0 Å². The number of carbonyl (C=O) groups is 1. The number of halogens is 2. The van der Waals surface area contributed by atoms with Crippen molar-refractivity contribution < 1.29 is 4.79 Å². The molecule has 20 heavy (non-hydrogen) atoms. The van der Waals surface area contributed by atoms with Crippen LogP contribution in [0.1, 0.15) is 38.2 Å². The smallest absolute Gasteiger partial charge is 0.246 e. The summed E-state index contributed by atoms with van der Waals surface area (Å²) in [4.78, 5) is 14.3. The van der Waals surface area contributed by atoms with Crippen LogP contribution in [0.4, 0.5) is 0 Å². The zero-order valence-electron chi connectivity index (χ0n) is 11.6. The Kier molecular flexibility index (Phi) is 5.50. The van der Waals surface area contributed by atoms with Crippen molar-refractivity contribution in [1.29, 1.82) is 0 Å². The highest BCUT2D eigenvalue weighted by molar-refractivity contribution is 6.35. The zero-order chi connectivity index (χ0) is 14.5. The van der Waals surface area contributed by atoms with E-state index in [1.807, 2.05) is 11.0 Å². The van der Waals surface area contributed by atoms with Crippen LogP contribution in [0.3, 0.4) is 0 Å². The molecule has 1 aromatic rings. The minimum atomic E-state index is 0.0718. The van der Waals surface area contributed by atoms with Gasteiger partial charge in [0, 0.05) is 28.7 Å². The molecule has 1 unspecified atom stereocenters. The van der Waals surface area contributed by atoms with Crippen LogP contribution in [-0.4, -0.2) is 23.4 Å². The van der Waals surface area contributed by atoms with Gasteiger partial charge in [0.2, 0.25) is 5.91 Å². The second kappa shape index (κ2) is 7.14. The average Bonchev–Trinajstić information content (AvgIpc) is 2.46. The third kappa shape index (κ3) is 3.77. The van der Waals surface area contributed by atoms with E-state index in [9.17, 15) is 4.79 Å². The van der Waals surface area contributed by atoms with Gasteiger partial charge < -0.3 is 4.90 Å². The van der Waals surface area contributed by atoms with Gasteiger partial charge in [-0.25, -0.2) is 0 Å². The molecule has 1 amide bonds. The molecule has 108 valence electrons. The minimum absolute atomic E-state index is 0.0718. The molecule has 0 spiro atoms. The zero-order valence-corrected chi connectivity index (χ0v) is 13.1. The maximum absolute atomic E-state index is 12.3. The number of hydrogen-bond donors (Lipinski definition) is 0. The quantitative estimate of drug-likeness (QED) is 0.734. The van der Waals surface area contributed by atoms with Gasteiger partial charge >= 0.3 is 0 Å². The fourth-order valence-electron chi connectivity index (χ4n) is 2.61. The lowest BCUT2D eigenvalue weighted by molar-refractivity contribution is -0.129. The molecule has 2 nitrogen and oxygen atoms in total. The van der Waals surface area contributed by atoms with E-state index < -0.39 is 0 Å². The van der Waals surface area contributed by atoms with E-state index in [1.165, 1.54) is 6.42 Å². The van der Waals surface area contributed by atoms with Gasteiger partial charge in [-0.15, -0.1) is 0 Å². The molecule has 1 aliphatic rings. The first-order valence-corrected chi connectivity index (χ1v) is 7.81. The van der Waals surface area contributed by atoms with Gasteiger partial charge in [0.1, 0.15) is 0 Å². The van der Waals surface area contributed by atoms with Crippen molar-refractivity contribution in [2.45, 2.75) is 38.6 Å². The molecule has 0 aliphatic carbocycles. The Morgan fingerprint density at radius 1 is 1.40 bits per heavy atom. The number of nitrogens with zero attached hydrogens (tertiary/aromatic N) is 1. The van der Waals surface area contributed by atoms with Crippen LogP contribution in [0.25, 0.3) is 6.08 Å². The fraction of sp³-hybridized carbons (Fsp3) is 0.438. The predicted octanol–water partition coefficient (Wildman–Crippen LogP) is 4.80. The average molecular weight is 312 g/mol. The number of rotatable bonds is 3. The third-order valence-corrected chi connectivity index (χ3v) is 4.31. The summed E-state index contributed by atoms with van der Waals surface area (Å²) < 4.78 is 0. The summed E-state index contributed by atoms with van der Waals surface area (Å²) >= 11 is 11.9. The number of likely N-dealkylation sites (tertiary alicyclic amines) is 1. The molecule has 0 N–H and O–H groups in total. The molecule has 4 heteroatoms. The minimum Gasteiger partial charge on any atom is -0.336 e. The van der Waals surface area contributed by atoms with Gasteiger partial charge in [-0.1, -0.05) is 36.2 Å². The number of piperidine rings is 1. The highest BCUT2D eigenvalue weighted by Crippen LogP contribution is 2.23. The number of amides is 1. The fourth-order valence-corrected chi connectivity index (χ4v) is 3.08. The van der Waals surface area contributed by atoms with Crippen LogP contribution in [0.2, 0.25) is 10.0 Å². The van der Waals surface area contributed by atoms with Gasteiger partial charge in [0.05, 0.1) is 0 Å². The highest BCUT2D eigenvalue weighted by Gasteiger charge is 2.23. The summed E-state index contributed by atoms with van der Waals surface area (Å²) in [6.07, 6.45) is 7.82. The molecule has 1 heterocycles. The SMILES string of the molecule is CCC1CCCCN1C(=O)C=Cc1ccc(Cl)cc1Cl. The first-order chi connectivity index (χ1) is 9.61. The van der Waals surface area contributed by atoms with Crippen LogP contribution in [0.15, 0.2) is 24.3 Å². The molecule has 1 saturated heterocycles. The van der Waals surface area contributed by atoms with E-state index in [4.69, 9.17) is 23.2 Å². The van der Waals surface area contributed by atoms with Crippen LogP contribution in [0, 0.1) is 0 Å². The van der Waals surface area contributed by atoms with Crippen LogP contribution < -0.4 is 0 Å². The Balaban J connectivity index is 2.08.